The maximum absolute atomic E-state index is 13.4. The summed E-state index contributed by atoms with van der Waals surface area (Å²) in [5.74, 6) is -1.86. The Balaban J connectivity index is 2.27. The number of benzene rings is 1. The third-order valence-corrected chi connectivity index (χ3v) is 2.16. The molecule has 86 valence electrons. The molecular formula is C12H9FN2O2. The van der Waals surface area contributed by atoms with Crippen LogP contribution < -0.4 is 5.32 Å². The highest BCUT2D eigenvalue weighted by atomic mass is 19.1. The molecule has 1 heterocycles. The van der Waals surface area contributed by atoms with Gasteiger partial charge >= 0.3 is 0 Å². The van der Waals surface area contributed by atoms with Crippen LogP contribution >= 0.6 is 0 Å². The lowest BCUT2D eigenvalue weighted by molar-refractivity contribution is 0.102. The number of aromatic nitrogens is 1. The molecule has 0 unspecified atom stereocenters. The van der Waals surface area contributed by atoms with Gasteiger partial charge in [0.25, 0.3) is 5.91 Å². The minimum absolute atomic E-state index is 0.371. The van der Waals surface area contributed by atoms with Crippen LogP contribution in [0, 0.1) is 5.82 Å². The number of phenols is 1. The monoisotopic (exact) mass is 232 g/mol. The van der Waals surface area contributed by atoms with Crippen LogP contribution in [0.25, 0.3) is 0 Å². The van der Waals surface area contributed by atoms with E-state index in [2.05, 4.69) is 10.3 Å². The van der Waals surface area contributed by atoms with Crippen LogP contribution in [-0.4, -0.2) is 16.0 Å². The van der Waals surface area contributed by atoms with Crippen molar-refractivity contribution in [1.29, 1.82) is 0 Å². The van der Waals surface area contributed by atoms with Gasteiger partial charge in [-0.15, -0.1) is 0 Å². The first-order chi connectivity index (χ1) is 8.18. The summed E-state index contributed by atoms with van der Waals surface area (Å²) in [4.78, 5) is 15.5. The number of hydrogen-bond donors (Lipinski definition) is 2. The van der Waals surface area contributed by atoms with Crippen molar-refractivity contribution in [3.05, 3.63) is 54.1 Å². The Morgan fingerprint density at radius 2 is 1.94 bits per heavy atom. The fraction of sp³-hybridized carbons (Fsp3) is 0. The average Bonchev–Trinajstić information content (AvgIpc) is 2.30. The largest absolute Gasteiger partial charge is 0.507 e. The predicted octanol–water partition coefficient (Wildman–Crippen LogP) is 2.18. The number of rotatable bonds is 2. The van der Waals surface area contributed by atoms with Crippen molar-refractivity contribution in [3.8, 4) is 5.75 Å². The highest BCUT2D eigenvalue weighted by Crippen LogP contribution is 2.20. The zero-order valence-corrected chi connectivity index (χ0v) is 8.72. The van der Waals surface area contributed by atoms with Crippen molar-refractivity contribution < 1.29 is 14.3 Å². The summed E-state index contributed by atoms with van der Waals surface area (Å²) in [5, 5.41) is 11.9. The van der Waals surface area contributed by atoms with Gasteiger partial charge in [0.2, 0.25) is 0 Å². The Bertz CT molecular complexity index is 523. The van der Waals surface area contributed by atoms with E-state index in [1.807, 2.05) is 0 Å². The van der Waals surface area contributed by atoms with Gasteiger partial charge in [0.05, 0.1) is 0 Å². The number of nitrogens with zero attached hydrogens (tertiary/aromatic N) is 1. The van der Waals surface area contributed by atoms with E-state index in [0.29, 0.717) is 5.69 Å². The number of anilines is 1. The molecule has 2 N–H and O–H groups in total. The van der Waals surface area contributed by atoms with Crippen LogP contribution in [0.3, 0.4) is 0 Å². The molecule has 0 aliphatic carbocycles. The number of carbonyl (C=O) groups is 1. The first-order valence-electron chi connectivity index (χ1n) is 4.87. The summed E-state index contributed by atoms with van der Waals surface area (Å²) in [6, 6.07) is 6.82. The molecule has 1 amide bonds. The van der Waals surface area contributed by atoms with Gasteiger partial charge in [0.1, 0.15) is 17.1 Å². The number of carbonyl (C=O) groups excluding carboxylic acids is 1. The van der Waals surface area contributed by atoms with E-state index in [1.165, 1.54) is 24.5 Å². The topological polar surface area (TPSA) is 62.2 Å². The van der Waals surface area contributed by atoms with Gasteiger partial charge < -0.3 is 10.4 Å². The molecule has 0 spiro atoms. The summed E-state index contributed by atoms with van der Waals surface area (Å²) in [7, 11) is 0. The molecule has 0 saturated heterocycles. The molecule has 0 aliphatic heterocycles. The molecule has 1 aromatic heterocycles. The standard InChI is InChI=1S/C12H9FN2O2/c13-9-2-1-3-10(16)11(9)12(17)15-8-4-6-14-7-5-8/h1-7,16H,(H,14,15,17). The molecule has 2 rings (SSSR count). The van der Waals surface area contributed by atoms with Crippen LogP contribution in [-0.2, 0) is 0 Å². The van der Waals surface area contributed by atoms with Crippen molar-refractivity contribution >= 4 is 11.6 Å². The zero-order valence-electron chi connectivity index (χ0n) is 8.72. The Kier molecular flexibility index (Phi) is 3.00. The number of phenolic OH excluding ortho intramolecular Hbond substituents is 1. The van der Waals surface area contributed by atoms with Crippen molar-refractivity contribution in [1.82, 2.24) is 4.98 Å². The van der Waals surface area contributed by atoms with E-state index in [9.17, 15) is 14.3 Å². The molecule has 0 atom stereocenters. The molecule has 0 aliphatic rings. The zero-order chi connectivity index (χ0) is 12.3. The maximum Gasteiger partial charge on any atom is 0.262 e. The highest BCUT2D eigenvalue weighted by Gasteiger charge is 2.16. The SMILES string of the molecule is O=C(Nc1ccncc1)c1c(O)cccc1F. The van der Waals surface area contributed by atoms with Gasteiger partial charge in [-0.25, -0.2) is 4.39 Å². The summed E-state index contributed by atoms with van der Waals surface area (Å²) < 4.78 is 13.4. The molecule has 1 aromatic carbocycles. The number of aromatic hydroxyl groups is 1. The van der Waals surface area contributed by atoms with Gasteiger partial charge in [0.15, 0.2) is 0 Å². The molecule has 0 saturated carbocycles. The molecule has 0 bridgehead atoms. The van der Waals surface area contributed by atoms with Crippen LogP contribution in [0.1, 0.15) is 10.4 Å². The van der Waals surface area contributed by atoms with E-state index in [0.717, 1.165) is 6.07 Å². The maximum atomic E-state index is 13.4. The van der Waals surface area contributed by atoms with Gasteiger partial charge in [-0.05, 0) is 24.3 Å². The number of nitrogens with one attached hydrogen (secondary N) is 1. The first kappa shape index (κ1) is 11.1. The Hall–Kier alpha value is -2.43. The fourth-order valence-electron chi connectivity index (χ4n) is 1.37. The molecular weight excluding hydrogens is 223 g/mol. The van der Waals surface area contributed by atoms with Crippen LogP contribution in [0.5, 0.6) is 5.75 Å². The van der Waals surface area contributed by atoms with Gasteiger partial charge in [-0.3, -0.25) is 9.78 Å². The van der Waals surface area contributed by atoms with Crippen molar-refractivity contribution in [2.24, 2.45) is 0 Å². The number of amides is 1. The predicted molar refractivity (Wildman–Crippen MR) is 60.3 cm³/mol. The smallest absolute Gasteiger partial charge is 0.262 e. The lowest BCUT2D eigenvalue weighted by atomic mass is 10.1. The molecule has 2 aromatic rings. The molecule has 4 nitrogen and oxygen atoms in total. The Labute approximate surface area is 96.7 Å². The minimum atomic E-state index is -0.767. The second-order valence-corrected chi connectivity index (χ2v) is 3.32. The molecule has 5 heteroatoms. The van der Waals surface area contributed by atoms with Crippen LogP contribution in [0.4, 0.5) is 10.1 Å². The summed E-state index contributed by atoms with van der Waals surface area (Å²) in [6.45, 7) is 0. The third kappa shape index (κ3) is 2.39. The van der Waals surface area contributed by atoms with Gasteiger partial charge in [0, 0.05) is 18.1 Å². The number of halogens is 1. The van der Waals surface area contributed by atoms with Gasteiger partial charge in [-0.1, -0.05) is 6.07 Å². The molecule has 17 heavy (non-hydrogen) atoms. The van der Waals surface area contributed by atoms with Crippen LogP contribution in [0.2, 0.25) is 0 Å². The number of pyridine rings is 1. The van der Waals surface area contributed by atoms with E-state index in [-0.39, 0.29) is 5.56 Å². The van der Waals surface area contributed by atoms with E-state index < -0.39 is 17.5 Å². The summed E-state index contributed by atoms with van der Waals surface area (Å²) in [6.07, 6.45) is 2.99. The fourth-order valence-corrected chi connectivity index (χ4v) is 1.37. The Morgan fingerprint density at radius 1 is 1.24 bits per heavy atom. The lowest BCUT2D eigenvalue weighted by Crippen LogP contribution is -2.13. The lowest BCUT2D eigenvalue weighted by Gasteiger charge is -2.07. The van der Waals surface area contributed by atoms with E-state index in [4.69, 9.17) is 0 Å². The average molecular weight is 232 g/mol. The summed E-state index contributed by atoms with van der Waals surface area (Å²) in [5.41, 5.74) is 0.108. The second-order valence-electron chi connectivity index (χ2n) is 3.32. The second kappa shape index (κ2) is 4.61. The van der Waals surface area contributed by atoms with E-state index >= 15 is 0 Å². The molecule has 0 fully saturated rings. The third-order valence-electron chi connectivity index (χ3n) is 2.16. The van der Waals surface area contributed by atoms with Crippen molar-refractivity contribution in [2.45, 2.75) is 0 Å². The minimum Gasteiger partial charge on any atom is -0.507 e. The number of hydrogen-bond acceptors (Lipinski definition) is 3. The van der Waals surface area contributed by atoms with Crippen molar-refractivity contribution in [2.75, 3.05) is 5.32 Å². The Morgan fingerprint density at radius 3 is 2.59 bits per heavy atom. The van der Waals surface area contributed by atoms with Crippen LogP contribution in [0.15, 0.2) is 42.7 Å². The summed E-state index contributed by atoms with van der Waals surface area (Å²) >= 11 is 0. The quantitative estimate of drug-likeness (QED) is 0.834. The van der Waals surface area contributed by atoms with Crippen molar-refractivity contribution in [3.63, 3.8) is 0 Å². The molecule has 0 radical (unpaired) electrons. The highest BCUT2D eigenvalue weighted by molar-refractivity contribution is 6.06. The van der Waals surface area contributed by atoms with Gasteiger partial charge in [-0.2, -0.15) is 0 Å². The normalized spacial score (nSPS) is 9.94. The first-order valence-corrected chi connectivity index (χ1v) is 4.87. The van der Waals surface area contributed by atoms with E-state index in [1.54, 1.807) is 12.1 Å².